The van der Waals surface area contributed by atoms with Crippen molar-refractivity contribution in [1.29, 1.82) is 5.41 Å². The minimum atomic E-state index is -3.43. The van der Waals surface area contributed by atoms with Crippen molar-refractivity contribution in [1.82, 2.24) is 9.03 Å². The summed E-state index contributed by atoms with van der Waals surface area (Å²) in [6.45, 7) is 0.226. The van der Waals surface area contributed by atoms with Gasteiger partial charge in [0.05, 0.1) is 0 Å². The van der Waals surface area contributed by atoms with Crippen molar-refractivity contribution in [2.45, 2.75) is 6.54 Å². The molecule has 0 heterocycles. The predicted octanol–water partition coefficient (Wildman–Crippen LogP) is -0.133. The van der Waals surface area contributed by atoms with Gasteiger partial charge >= 0.3 is 0 Å². The second-order valence-electron chi connectivity index (χ2n) is 3.58. The van der Waals surface area contributed by atoms with Crippen LogP contribution in [0.3, 0.4) is 0 Å². The third-order valence-corrected chi connectivity index (χ3v) is 3.78. The Morgan fingerprint density at radius 2 is 2.18 bits per heavy atom. The van der Waals surface area contributed by atoms with Gasteiger partial charge < -0.3 is 5.73 Å². The Hall–Kier alpha value is -1.44. The summed E-state index contributed by atoms with van der Waals surface area (Å²) >= 11 is 0. The molecule has 0 saturated carbocycles. The topological polar surface area (TPSA) is 99.3 Å². The average Bonchev–Trinajstić information content (AvgIpc) is 2.29. The molecule has 0 amide bonds. The van der Waals surface area contributed by atoms with E-state index in [1.54, 1.807) is 24.3 Å². The molecule has 0 unspecified atom stereocenters. The number of hydrogen-bond acceptors (Lipinski definition) is 3. The largest absolute Gasteiger partial charge is 0.384 e. The van der Waals surface area contributed by atoms with Crippen LogP contribution in [-0.2, 0) is 16.8 Å². The molecule has 0 radical (unpaired) electrons. The molecule has 1 rings (SSSR count). The van der Waals surface area contributed by atoms with Crippen LogP contribution in [0.4, 0.5) is 0 Å². The summed E-state index contributed by atoms with van der Waals surface area (Å²) in [4.78, 5) is 0. The molecule has 0 saturated heterocycles. The molecule has 7 heteroatoms. The molecule has 4 N–H and O–H groups in total. The molecule has 94 valence electrons. The standard InChI is InChI=1S/C10H16N4O2S/c1-13-17(15,16)14(2)7-8-4-3-5-9(6-8)10(11)12/h3-6,13H,7H2,1-2H3,(H3,11,12). The van der Waals surface area contributed by atoms with Gasteiger partial charge in [-0.3, -0.25) is 5.41 Å². The maximum absolute atomic E-state index is 11.5. The van der Waals surface area contributed by atoms with Crippen LogP contribution in [0.25, 0.3) is 0 Å². The average molecular weight is 256 g/mol. The molecule has 0 aliphatic carbocycles. The summed E-state index contributed by atoms with van der Waals surface area (Å²) in [5.74, 6) is -0.0361. The quantitative estimate of drug-likeness (QED) is 0.505. The second-order valence-corrected chi connectivity index (χ2v) is 5.56. The first-order valence-corrected chi connectivity index (χ1v) is 6.39. The fourth-order valence-corrected chi connectivity index (χ4v) is 1.97. The number of amidine groups is 1. The van der Waals surface area contributed by atoms with Crippen LogP contribution >= 0.6 is 0 Å². The van der Waals surface area contributed by atoms with Crippen molar-refractivity contribution in [3.8, 4) is 0 Å². The van der Waals surface area contributed by atoms with Gasteiger partial charge in [0.2, 0.25) is 0 Å². The lowest BCUT2D eigenvalue weighted by molar-refractivity contribution is 0.459. The molecule has 0 bridgehead atoms. The van der Waals surface area contributed by atoms with Gasteiger partial charge in [-0.15, -0.1) is 0 Å². The summed E-state index contributed by atoms with van der Waals surface area (Å²) in [5.41, 5.74) is 6.72. The van der Waals surface area contributed by atoms with Crippen molar-refractivity contribution in [2.24, 2.45) is 5.73 Å². The van der Waals surface area contributed by atoms with E-state index in [4.69, 9.17) is 11.1 Å². The van der Waals surface area contributed by atoms with Gasteiger partial charge in [-0.2, -0.15) is 12.7 Å². The number of hydrogen-bond donors (Lipinski definition) is 3. The van der Waals surface area contributed by atoms with Crippen LogP contribution in [0, 0.1) is 5.41 Å². The summed E-state index contributed by atoms with van der Waals surface area (Å²) in [6, 6.07) is 6.93. The van der Waals surface area contributed by atoms with Gasteiger partial charge in [-0.25, -0.2) is 4.72 Å². The Morgan fingerprint density at radius 1 is 1.53 bits per heavy atom. The molecule has 0 aliphatic rings. The minimum Gasteiger partial charge on any atom is -0.384 e. The van der Waals surface area contributed by atoms with E-state index in [0.29, 0.717) is 5.56 Å². The van der Waals surface area contributed by atoms with Gasteiger partial charge in [0.15, 0.2) is 0 Å². The Balaban J connectivity index is 2.89. The molecule has 0 aliphatic heterocycles. The lowest BCUT2D eigenvalue weighted by Crippen LogP contribution is -2.35. The van der Waals surface area contributed by atoms with E-state index in [-0.39, 0.29) is 12.4 Å². The minimum absolute atomic E-state index is 0.0361. The highest BCUT2D eigenvalue weighted by Gasteiger charge is 2.15. The number of rotatable bonds is 5. The Kier molecular flexibility index (Phi) is 4.22. The lowest BCUT2D eigenvalue weighted by atomic mass is 10.1. The third kappa shape index (κ3) is 3.52. The van der Waals surface area contributed by atoms with Crippen LogP contribution in [0.2, 0.25) is 0 Å². The molecule has 6 nitrogen and oxygen atoms in total. The van der Waals surface area contributed by atoms with Crippen molar-refractivity contribution in [3.63, 3.8) is 0 Å². The van der Waals surface area contributed by atoms with Crippen molar-refractivity contribution >= 4 is 16.0 Å². The highest BCUT2D eigenvalue weighted by Crippen LogP contribution is 2.08. The van der Waals surface area contributed by atoms with Crippen LogP contribution in [0.15, 0.2) is 24.3 Å². The number of benzene rings is 1. The first-order chi connectivity index (χ1) is 7.86. The van der Waals surface area contributed by atoms with E-state index in [2.05, 4.69) is 4.72 Å². The van der Waals surface area contributed by atoms with Crippen molar-refractivity contribution in [3.05, 3.63) is 35.4 Å². The first-order valence-electron chi connectivity index (χ1n) is 4.95. The maximum atomic E-state index is 11.5. The zero-order valence-corrected chi connectivity index (χ0v) is 10.6. The van der Waals surface area contributed by atoms with Crippen molar-refractivity contribution < 1.29 is 8.42 Å². The van der Waals surface area contributed by atoms with Gasteiger partial charge in [0, 0.05) is 26.2 Å². The fourth-order valence-electron chi connectivity index (χ4n) is 1.34. The molecule has 0 fully saturated rings. The monoisotopic (exact) mass is 256 g/mol. The zero-order chi connectivity index (χ0) is 13.1. The normalized spacial score (nSPS) is 11.7. The molecule has 0 atom stereocenters. The SMILES string of the molecule is CNS(=O)(=O)N(C)Cc1cccc(C(=N)N)c1. The van der Waals surface area contributed by atoms with Crippen molar-refractivity contribution in [2.75, 3.05) is 14.1 Å². The van der Waals surface area contributed by atoms with Gasteiger partial charge in [-0.1, -0.05) is 18.2 Å². The molecule has 17 heavy (non-hydrogen) atoms. The molecular weight excluding hydrogens is 240 g/mol. The van der Waals surface area contributed by atoms with E-state index in [9.17, 15) is 8.42 Å². The molecule has 0 spiro atoms. The highest BCUT2D eigenvalue weighted by molar-refractivity contribution is 7.87. The van der Waals surface area contributed by atoms with Crippen LogP contribution < -0.4 is 10.5 Å². The van der Waals surface area contributed by atoms with E-state index in [0.717, 1.165) is 5.56 Å². The van der Waals surface area contributed by atoms with Crippen LogP contribution in [0.5, 0.6) is 0 Å². The summed E-state index contributed by atoms with van der Waals surface area (Å²) in [7, 11) is -0.594. The van der Waals surface area contributed by atoms with E-state index < -0.39 is 10.2 Å². The Labute approximate surface area is 101 Å². The Bertz CT molecular complexity index is 513. The number of nitrogens with zero attached hydrogens (tertiary/aromatic N) is 1. The van der Waals surface area contributed by atoms with Gasteiger partial charge in [-0.05, 0) is 11.6 Å². The number of nitrogens with one attached hydrogen (secondary N) is 2. The van der Waals surface area contributed by atoms with Crippen LogP contribution in [0.1, 0.15) is 11.1 Å². The molecular formula is C10H16N4O2S. The molecule has 1 aromatic carbocycles. The predicted molar refractivity (Wildman–Crippen MR) is 66.9 cm³/mol. The van der Waals surface area contributed by atoms with E-state index in [1.165, 1.54) is 18.4 Å². The maximum Gasteiger partial charge on any atom is 0.279 e. The summed E-state index contributed by atoms with van der Waals surface area (Å²) < 4.78 is 26.4. The molecule has 1 aromatic rings. The van der Waals surface area contributed by atoms with Gasteiger partial charge in [0.1, 0.15) is 5.84 Å². The third-order valence-electron chi connectivity index (χ3n) is 2.31. The van der Waals surface area contributed by atoms with E-state index >= 15 is 0 Å². The number of nitrogens with two attached hydrogens (primary N) is 1. The Morgan fingerprint density at radius 3 is 2.71 bits per heavy atom. The van der Waals surface area contributed by atoms with E-state index in [1.807, 2.05) is 0 Å². The lowest BCUT2D eigenvalue weighted by Gasteiger charge is -2.16. The fraction of sp³-hybridized carbons (Fsp3) is 0.300. The zero-order valence-electron chi connectivity index (χ0n) is 9.77. The molecule has 0 aromatic heterocycles. The highest BCUT2D eigenvalue weighted by atomic mass is 32.2. The second kappa shape index (κ2) is 5.26. The first kappa shape index (κ1) is 13.6. The van der Waals surface area contributed by atoms with Gasteiger partial charge in [0.25, 0.3) is 10.2 Å². The smallest absolute Gasteiger partial charge is 0.279 e. The summed E-state index contributed by atoms with van der Waals surface area (Å²) in [5, 5.41) is 7.31. The number of nitrogen functional groups attached to an aromatic ring is 1. The van der Waals surface area contributed by atoms with Crippen LogP contribution in [-0.4, -0.2) is 32.7 Å². The summed E-state index contributed by atoms with van der Waals surface area (Å²) in [6.07, 6.45) is 0.